The van der Waals surface area contributed by atoms with Crippen molar-refractivity contribution in [1.29, 1.82) is 0 Å². The first-order valence-corrected chi connectivity index (χ1v) is 7.96. The van der Waals surface area contributed by atoms with Crippen LogP contribution in [-0.2, 0) is 6.54 Å². The highest BCUT2D eigenvalue weighted by molar-refractivity contribution is 6.30. The quantitative estimate of drug-likeness (QED) is 0.635. The van der Waals surface area contributed by atoms with Crippen molar-refractivity contribution < 1.29 is 4.92 Å². The van der Waals surface area contributed by atoms with Gasteiger partial charge in [0.05, 0.1) is 4.92 Å². The van der Waals surface area contributed by atoms with E-state index in [2.05, 4.69) is 21.9 Å². The van der Waals surface area contributed by atoms with E-state index in [4.69, 9.17) is 11.6 Å². The number of nitrogens with zero attached hydrogens (tertiary/aromatic N) is 3. The summed E-state index contributed by atoms with van der Waals surface area (Å²) in [5.74, 6) is 0. The Bertz CT molecular complexity index is 682. The van der Waals surface area contributed by atoms with Gasteiger partial charge in [0.15, 0.2) is 0 Å². The molecule has 1 aliphatic rings. The average Bonchev–Trinajstić information content (AvgIpc) is 2.58. The maximum Gasteiger partial charge on any atom is 0.271 e. The molecule has 0 N–H and O–H groups in total. The van der Waals surface area contributed by atoms with Gasteiger partial charge in [0.1, 0.15) is 0 Å². The predicted octanol–water partition coefficient (Wildman–Crippen LogP) is 3.57. The monoisotopic (exact) mass is 331 g/mol. The Balaban J connectivity index is 1.59. The average molecular weight is 332 g/mol. The lowest BCUT2D eigenvalue weighted by Crippen LogP contribution is -2.45. The van der Waals surface area contributed by atoms with Crippen LogP contribution in [0.25, 0.3) is 0 Å². The van der Waals surface area contributed by atoms with Crippen LogP contribution in [-0.4, -0.2) is 36.0 Å². The molecular weight excluding hydrogens is 314 g/mol. The summed E-state index contributed by atoms with van der Waals surface area (Å²) in [5, 5.41) is 11.6. The third kappa shape index (κ3) is 4.00. The molecule has 6 heteroatoms. The maximum absolute atomic E-state index is 10.9. The summed E-state index contributed by atoms with van der Waals surface area (Å²) in [7, 11) is 0. The number of piperazine rings is 1. The van der Waals surface area contributed by atoms with Gasteiger partial charge in [0, 0.05) is 55.6 Å². The van der Waals surface area contributed by atoms with Gasteiger partial charge < -0.3 is 4.90 Å². The summed E-state index contributed by atoms with van der Waals surface area (Å²) in [6.07, 6.45) is 0. The van der Waals surface area contributed by atoms with Crippen LogP contribution in [0.1, 0.15) is 5.56 Å². The van der Waals surface area contributed by atoms with E-state index < -0.39 is 0 Å². The number of hydrogen-bond donors (Lipinski definition) is 0. The van der Waals surface area contributed by atoms with Gasteiger partial charge in [0.2, 0.25) is 0 Å². The van der Waals surface area contributed by atoms with Crippen LogP contribution < -0.4 is 4.90 Å². The number of anilines is 1. The van der Waals surface area contributed by atoms with Crippen molar-refractivity contribution in [3.63, 3.8) is 0 Å². The number of non-ortho nitro benzene ring substituents is 1. The molecule has 5 nitrogen and oxygen atoms in total. The molecule has 23 heavy (non-hydrogen) atoms. The highest BCUT2D eigenvalue weighted by Crippen LogP contribution is 2.22. The Morgan fingerprint density at radius 3 is 2.39 bits per heavy atom. The molecule has 0 bridgehead atoms. The molecule has 1 heterocycles. The van der Waals surface area contributed by atoms with Crippen LogP contribution in [0, 0.1) is 10.1 Å². The Kier molecular flexibility index (Phi) is 4.79. The topological polar surface area (TPSA) is 49.6 Å². The van der Waals surface area contributed by atoms with E-state index in [1.807, 2.05) is 18.2 Å². The Morgan fingerprint density at radius 2 is 1.74 bits per heavy atom. The first-order chi connectivity index (χ1) is 11.1. The summed E-state index contributed by atoms with van der Waals surface area (Å²) < 4.78 is 0. The largest absolute Gasteiger partial charge is 0.369 e. The van der Waals surface area contributed by atoms with E-state index in [1.165, 1.54) is 11.6 Å². The van der Waals surface area contributed by atoms with E-state index in [0.717, 1.165) is 43.4 Å². The standard InChI is InChI=1S/C17H18ClN3O2/c18-15-6-4-14(5-7-15)13-19-8-10-20(11-9-19)16-2-1-3-17(12-16)21(22)23/h1-7,12H,8-11,13H2. The first-order valence-electron chi connectivity index (χ1n) is 7.58. The number of halogens is 1. The molecular formula is C17H18ClN3O2. The van der Waals surface area contributed by atoms with Crippen LogP contribution >= 0.6 is 11.6 Å². The molecule has 0 atom stereocenters. The summed E-state index contributed by atoms with van der Waals surface area (Å²) >= 11 is 5.91. The van der Waals surface area contributed by atoms with Crippen molar-refractivity contribution in [2.24, 2.45) is 0 Å². The molecule has 0 aromatic heterocycles. The van der Waals surface area contributed by atoms with E-state index in [1.54, 1.807) is 12.1 Å². The highest BCUT2D eigenvalue weighted by Gasteiger charge is 2.18. The molecule has 0 radical (unpaired) electrons. The summed E-state index contributed by atoms with van der Waals surface area (Å²) in [6.45, 7) is 4.51. The lowest BCUT2D eigenvalue weighted by atomic mass is 10.2. The van der Waals surface area contributed by atoms with E-state index >= 15 is 0 Å². The van der Waals surface area contributed by atoms with Crippen molar-refractivity contribution in [3.05, 3.63) is 69.2 Å². The minimum Gasteiger partial charge on any atom is -0.369 e. The van der Waals surface area contributed by atoms with Crippen LogP contribution in [0.3, 0.4) is 0 Å². The third-order valence-electron chi connectivity index (χ3n) is 4.10. The van der Waals surface area contributed by atoms with E-state index in [0.29, 0.717) is 0 Å². The van der Waals surface area contributed by atoms with Crippen LogP contribution in [0.5, 0.6) is 0 Å². The Morgan fingerprint density at radius 1 is 1.04 bits per heavy atom. The van der Waals surface area contributed by atoms with Gasteiger partial charge in [-0.25, -0.2) is 0 Å². The van der Waals surface area contributed by atoms with Gasteiger partial charge in [-0.1, -0.05) is 29.8 Å². The minimum atomic E-state index is -0.347. The normalized spacial score (nSPS) is 15.6. The molecule has 3 rings (SSSR count). The summed E-state index contributed by atoms with van der Waals surface area (Å²) in [4.78, 5) is 15.1. The minimum absolute atomic E-state index is 0.145. The van der Waals surface area contributed by atoms with Gasteiger partial charge in [-0.15, -0.1) is 0 Å². The zero-order chi connectivity index (χ0) is 16.2. The first kappa shape index (κ1) is 15.8. The van der Waals surface area contributed by atoms with Crippen molar-refractivity contribution >= 4 is 23.0 Å². The summed E-state index contributed by atoms with van der Waals surface area (Å²) in [6, 6.07) is 14.8. The van der Waals surface area contributed by atoms with Crippen LogP contribution in [0.2, 0.25) is 5.02 Å². The van der Waals surface area contributed by atoms with Gasteiger partial charge in [-0.2, -0.15) is 0 Å². The molecule has 0 unspecified atom stereocenters. The number of nitro benzene ring substituents is 1. The number of benzene rings is 2. The second kappa shape index (κ2) is 6.98. The van der Waals surface area contributed by atoms with Crippen LogP contribution in [0.15, 0.2) is 48.5 Å². The maximum atomic E-state index is 10.9. The molecule has 2 aromatic rings. The fourth-order valence-electron chi connectivity index (χ4n) is 2.82. The Labute approximate surface area is 140 Å². The molecule has 0 saturated carbocycles. The zero-order valence-electron chi connectivity index (χ0n) is 12.7. The van der Waals surface area contributed by atoms with Crippen molar-refractivity contribution in [2.75, 3.05) is 31.1 Å². The smallest absolute Gasteiger partial charge is 0.271 e. The van der Waals surface area contributed by atoms with Crippen LogP contribution in [0.4, 0.5) is 11.4 Å². The molecule has 0 aliphatic carbocycles. The SMILES string of the molecule is O=[N+]([O-])c1cccc(N2CCN(Cc3ccc(Cl)cc3)CC2)c1. The fourth-order valence-corrected chi connectivity index (χ4v) is 2.94. The second-order valence-electron chi connectivity index (χ2n) is 5.67. The van der Waals surface area contributed by atoms with Crippen molar-refractivity contribution in [2.45, 2.75) is 6.54 Å². The Hall–Kier alpha value is -2.11. The lowest BCUT2D eigenvalue weighted by Gasteiger charge is -2.36. The van der Waals surface area contributed by atoms with Crippen molar-refractivity contribution in [3.8, 4) is 0 Å². The van der Waals surface area contributed by atoms with Gasteiger partial charge in [-0.3, -0.25) is 15.0 Å². The molecule has 0 amide bonds. The second-order valence-corrected chi connectivity index (χ2v) is 6.10. The lowest BCUT2D eigenvalue weighted by molar-refractivity contribution is -0.384. The van der Waals surface area contributed by atoms with Gasteiger partial charge >= 0.3 is 0 Å². The molecule has 0 spiro atoms. The highest BCUT2D eigenvalue weighted by atomic mass is 35.5. The van der Waals surface area contributed by atoms with Crippen molar-refractivity contribution in [1.82, 2.24) is 4.90 Å². The molecule has 120 valence electrons. The fraction of sp³-hybridized carbons (Fsp3) is 0.294. The number of rotatable bonds is 4. The molecule has 2 aromatic carbocycles. The number of nitro groups is 1. The third-order valence-corrected chi connectivity index (χ3v) is 4.35. The van der Waals surface area contributed by atoms with Gasteiger partial charge in [-0.05, 0) is 23.8 Å². The zero-order valence-corrected chi connectivity index (χ0v) is 13.4. The molecule has 1 fully saturated rings. The molecule has 1 saturated heterocycles. The molecule has 1 aliphatic heterocycles. The van der Waals surface area contributed by atoms with Gasteiger partial charge in [0.25, 0.3) is 5.69 Å². The predicted molar refractivity (Wildman–Crippen MR) is 92.0 cm³/mol. The summed E-state index contributed by atoms with van der Waals surface area (Å²) in [5.41, 5.74) is 2.31. The number of hydrogen-bond acceptors (Lipinski definition) is 4. The van der Waals surface area contributed by atoms with E-state index in [9.17, 15) is 10.1 Å². The van der Waals surface area contributed by atoms with E-state index in [-0.39, 0.29) is 10.6 Å².